The molecule has 0 unspecified atom stereocenters. The van der Waals surface area contributed by atoms with Crippen molar-refractivity contribution in [1.82, 2.24) is 4.98 Å². The molecule has 2 aliphatic rings. The van der Waals surface area contributed by atoms with Crippen molar-refractivity contribution < 1.29 is 0 Å². The summed E-state index contributed by atoms with van der Waals surface area (Å²) in [6.45, 7) is 4.64. The lowest BCUT2D eigenvalue weighted by atomic mass is 9.81. The van der Waals surface area contributed by atoms with E-state index in [0.29, 0.717) is 0 Å². The van der Waals surface area contributed by atoms with Gasteiger partial charge in [0.25, 0.3) is 0 Å². The molecule has 256 valence electrons. The first-order valence-electron chi connectivity index (χ1n) is 18.7. The Bertz CT molecular complexity index is 2860. The molecule has 0 bridgehead atoms. The Labute approximate surface area is 316 Å². The summed E-state index contributed by atoms with van der Waals surface area (Å²) in [4.78, 5) is 4.64. The Morgan fingerprint density at radius 3 is 1.87 bits per heavy atom. The standard InChI is InChI=1S/C52H38N2/c1-52(2)47-20-12-11-17-39(47)40-24-21-34-27-29-53-33-46(34)44-31-38(23-26-49(44)54-30-28-48(40)52)37-22-25-43-45(32-37)51(36-15-7-4-8-16-36)42-19-10-9-18-41(42)50(43)35-13-5-3-6-14-35/h3-33,54H,1-2H3/b24-21-,30-28?. The Kier molecular flexibility index (Phi) is 7.52. The van der Waals surface area contributed by atoms with Gasteiger partial charge in [-0.05, 0) is 113 Å². The Morgan fingerprint density at radius 1 is 0.481 bits per heavy atom. The van der Waals surface area contributed by atoms with Gasteiger partial charge >= 0.3 is 0 Å². The lowest BCUT2D eigenvalue weighted by molar-refractivity contribution is 0.654. The van der Waals surface area contributed by atoms with E-state index in [1.807, 2.05) is 12.4 Å². The van der Waals surface area contributed by atoms with Crippen molar-refractivity contribution in [3.05, 3.63) is 205 Å². The van der Waals surface area contributed by atoms with Crippen molar-refractivity contribution in [2.24, 2.45) is 0 Å². The molecule has 0 radical (unpaired) electrons. The molecule has 2 heteroatoms. The van der Waals surface area contributed by atoms with Crippen LogP contribution in [-0.2, 0) is 5.41 Å². The number of fused-ring (bicyclic) bond motifs is 7. The van der Waals surface area contributed by atoms with Crippen molar-refractivity contribution in [2.45, 2.75) is 19.3 Å². The van der Waals surface area contributed by atoms with E-state index in [-0.39, 0.29) is 5.41 Å². The number of pyridine rings is 1. The number of nitrogens with zero attached hydrogens (tertiary/aromatic N) is 1. The zero-order valence-electron chi connectivity index (χ0n) is 30.3. The minimum absolute atomic E-state index is 0.114. The molecular formula is C52H38N2. The molecule has 0 fully saturated rings. The van der Waals surface area contributed by atoms with Crippen LogP contribution >= 0.6 is 0 Å². The van der Waals surface area contributed by atoms with Crippen LogP contribution in [0.25, 0.3) is 77.7 Å². The van der Waals surface area contributed by atoms with E-state index in [0.717, 1.165) is 27.9 Å². The van der Waals surface area contributed by atoms with Gasteiger partial charge in [0.1, 0.15) is 0 Å². The SMILES string of the molecule is CC1(C)C2=C(/C=C\c3ccncc3-c3cc(-c4ccc5c(-c6ccccc6)c6ccccc6c(-c6ccccc6)c5c4)ccc3NC=C2)c2ccccc21. The van der Waals surface area contributed by atoms with Crippen LogP contribution in [0.5, 0.6) is 0 Å². The molecule has 0 saturated heterocycles. The molecule has 1 aliphatic heterocycles. The number of allylic oxidation sites excluding steroid dienone is 4. The Hall–Kier alpha value is -6.77. The third-order valence-electron chi connectivity index (χ3n) is 11.4. The molecule has 0 amide bonds. The van der Waals surface area contributed by atoms with Gasteiger partial charge in [0.2, 0.25) is 0 Å². The summed E-state index contributed by atoms with van der Waals surface area (Å²) in [7, 11) is 0. The summed E-state index contributed by atoms with van der Waals surface area (Å²) in [6, 6.07) is 55.2. The van der Waals surface area contributed by atoms with Gasteiger partial charge in [-0.25, -0.2) is 0 Å². The molecule has 7 aromatic carbocycles. The van der Waals surface area contributed by atoms with Crippen LogP contribution < -0.4 is 5.32 Å². The van der Waals surface area contributed by atoms with Crippen molar-refractivity contribution in [1.29, 1.82) is 0 Å². The summed E-state index contributed by atoms with van der Waals surface area (Å²) in [5.74, 6) is 0. The molecule has 8 aromatic rings. The molecule has 2 heterocycles. The molecule has 10 rings (SSSR count). The number of aromatic nitrogens is 1. The maximum atomic E-state index is 4.64. The summed E-state index contributed by atoms with van der Waals surface area (Å²) in [5, 5.41) is 8.69. The van der Waals surface area contributed by atoms with Crippen molar-refractivity contribution in [3.8, 4) is 44.5 Å². The highest BCUT2D eigenvalue weighted by Crippen LogP contribution is 2.49. The van der Waals surface area contributed by atoms with Gasteiger partial charge in [0.05, 0.1) is 0 Å². The second-order valence-electron chi connectivity index (χ2n) is 14.8. The highest BCUT2D eigenvalue weighted by Gasteiger charge is 2.35. The first kappa shape index (κ1) is 31.9. The largest absolute Gasteiger partial charge is 0.361 e. The van der Waals surface area contributed by atoms with Crippen molar-refractivity contribution >= 4 is 38.9 Å². The van der Waals surface area contributed by atoms with E-state index in [2.05, 4.69) is 200 Å². The fourth-order valence-electron chi connectivity index (χ4n) is 8.79. The zero-order valence-corrected chi connectivity index (χ0v) is 30.3. The first-order valence-corrected chi connectivity index (χ1v) is 18.7. The van der Waals surface area contributed by atoms with Gasteiger partial charge < -0.3 is 5.32 Å². The minimum Gasteiger partial charge on any atom is -0.361 e. The Morgan fingerprint density at radius 2 is 1.11 bits per heavy atom. The average molecular weight is 691 g/mol. The molecule has 54 heavy (non-hydrogen) atoms. The van der Waals surface area contributed by atoms with Crippen LogP contribution in [0.3, 0.4) is 0 Å². The summed E-state index contributed by atoms with van der Waals surface area (Å²) in [5.41, 5.74) is 16.7. The van der Waals surface area contributed by atoms with Crippen molar-refractivity contribution in [3.63, 3.8) is 0 Å². The monoisotopic (exact) mass is 690 g/mol. The first-order chi connectivity index (χ1) is 26.6. The molecular weight excluding hydrogens is 653 g/mol. The number of benzene rings is 7. The molecule has 1 aromatic heterocycles. The second-order valence-corrected chi connectivity index (χ2v) is 14.8. The second kappa shape index (κ2) is 12.7. The van der Waals surface area contributed by atoms with Crippen LogP contribution in [0, 0.1) is 0 Å². The third kappa shape index (κ3) is 5.14. The minimum atomic E-state index is -0.114. The lowest BCUT2D eigenvalue weighted by Crippen LogP contribution is -2.16. The highest BCUT2D eigenvalue weighted by molar-refractivity contribution is 6.22. The number of rotatable bonds is 3. The van der Waals surface area contributed by atoms with Crippen LogP contribution in [0.4, 0.5) is 5.69 Å². The zero-order chi connectivity index (χ0) is 36.2. The van der Waals surface area contributed by atoms with E-state index >= 15 is 0 Å². The topological polar surface area (TPSA) is 24.9 Å². The number of anilines is 1. The van der Waals surface area contributed by atoms with Crippen LogP contribution in [0.15, 0.2) is 188 Å². The molecule has 0 atom stereocenters. The van der Waals surface area contributed by atoms with Gasteiger partial charge in [-0.15, -0.1) is 0 Å². The highest BCUT2D eigenvalue weighted by atomic mass is 14.8. The smallest absolute Gasteiger partial charge is 0.0460 e. The van der Waals surface area contributed by atoms with Gasteiger partial charge in [-0.2, -0.15) is 0 Å². The maximum Gasteiger partial charge on any atom is 0.0460 e. The van der Waals surface area contributed by atoms with Gasteiger partial charge in [0.15, 0.2) is 0 Å². The quantitative estimate of drug-likeness (QED) is 0.187. The normalized spacial score (nSPS) is 14.8. The third-order valence-corrected chi connectivity index (χ3v) is 11.4. The number of hydrogen-bond donors (Lipinski definition) is 1. The van der Waals surface area contributed by atoms with Crippen LogP contribution in [-0.4, -0.2) is 4.98 Å². The maximum absolute atomic E-state index is 4.64. The fourth-order valence-corrected chi connectivity index (χ4v) is 8.79. The molecule has 2 nitrogen and oxygen atoms in total. The van der Waals surface area contributed by atoms with E-state index < -0.39 is 0 Å². The van der Waals surface area contributed by atoms with Crippen molar-refractivity contribution in [2.75, 3.05) is 5.32 Å². The fraction of sp³-hybridized carbons (Fsp3) is 0.0577. The van der Waals surface area contributed by atoms with E-state index in [9.17, 15) is 0 Å². The molecule has 0 spiro atoms. The molecule has 1 N–H and O–H groups in total. The average Bonchev–Trinajstić information content (AvgIpc) is 3.42. The summed E-state index contributed by atoms with van der Waals surface area (Å²) >= 11 is 0. The van der Waals surface area contributed by atoms with Crippen LogP contribution in [0.2, 0.25) is 0 Å². The Balaban J connectivity index is 1.17. The van der Waals surface area contributed by atoms with E-state index in [1.54, 1.807) is 0 Å². The van der Waals surface area contributed by atoms with Gasteiger partial charge in [-0.3, -0.25) is 4.98 Å². The predicted molar refractivity (Wildman–Crippen MR) is 229 cm³/mol. The molecule has 0 saturated carbocycles. The number of hydrogen-bond acceptors (Lipinski definition) is 2. The lowest BCUT2D eigenvalue weighted by Gasteiger charge is -2.22. The summed E-state index contributed by atoms with van der Waals surface area (Å²) in [6.07, 6.45) is 12.8. The summed E-state index contributed by atoms with van der Waals surface area (Å²) < 4.78 is 0. The van der Waals surface area contributed by atoms with E-state index in [1.165, 1.54) is 71.6 Å². The predicted octanol–water partition coefficient (Wildman–Crippen LogP) is 13.8. The molecule has 1 aliphatic carbocycles. The number of nitrogens with one attached hydrogen (secondary N) is 1. The van der Waals surface area contributed by atoms with Crippen LogP contribution in [0.1, 0.15) is 30.5 Å². The van der Waals surface area contributed by atoms with Gasteiger partial charge in [0, 0.05) is 40.8 Å². The van der Waals surface area contributed by atoms with E-state index in [4.69, 9.17) is 0 Å². The van der Waals surface area contributed by atoms with Gasteiger partial charge in [-0.1, -0.05) is 153 Å².